The van der Waals surface area contributed by atoms with Gasteiger partial charge in [0.05, 0.1) is 30.5 Å². The first-order valence-corrected chi connectivity index (χ1v) is 9.10. The Bertz CT molecular complexity index is 783. The number of ether oxygens (including phenoxy) is 2. The Kier molecular flexibility index (Phi) is 6.45. The summed E-state index contributed by atoms with van der Waals surface area (Å²) in [6, 6.07) is 8.98. The van der Waals surface area contributed by atoms with Crippen LogP contribution in [0.25, 0.3) is 0 Å². The lowest BCUT2D eigenvalue weighted by Gasteiger charge is -2.20. The van der Waals surface area contributed by atoms with Crippen molar-refractivity contribution in [2.24, 2.45) is 0 Å². The fraction of sp³-hybridized carbons (Fsp3) is 0.278. The normalized spacial score (nSPS) is 10.4. The van der Waals surface area contributed by atoms with Gasteiger partial charge in [0.15, 0.2) is 0 Å². The molecule has 0 saturated heterocycles. The van der Waals surface area contributed by atoms with Gasteiger partial charge in [-0.25, -0.2) is 0 Å². The summed E-state index contributed by atoms with van der Waals surface area (Å²) in [5, 5.41) is 0.323. The van der Waals surface area contributed by atoms with E-state index in [9.17, 15) is 4.79 Å². The number of halogens is 1. The van der Waals surface area contributed by atoms with Gasteiger partial charge in [-0.1, -0.05) is 17.7 Å². The number of methoxy groups -OCH3 is 2. The van der Waals surface area contributed by atoms with Gasteiger partial charge in [-0.15, -0.1) is 11.8 Å². The molecule has 0 atom stereocenters. The van der Waals surface area contributed by atoms with Crippen LogP contribution < -0.4 is 15.2 Å². The Balaban J connectivity index is 2.25. The maximum Gasteiger partial charge on any atom is 0.257 e. The number of benzene rings is 2. The van der Waals surface area contributed by atoms with Crippen LogP contribution in [0.4, 0.5) is 5.69 Å². The van der Waals surface area contributed by atoms with Crippen LogP contribution in [-0.2, 0) is 6.54 Å². The first-order valence-electron chi connectivity index (χ1n) is 7.50. The molecule has 2 aromatic carbocycles. The lowest BCUT2D eigenvalue weighted by atomic mass is 10.1. The topological polar surface area (TPSA) is 64.8 Å². The zero-order chi connectivity index (χ0) is 18.6. The first kappa shape index (κ1) is 19.3. The molecule has 134 valence electrons. The Morgan fingerprint density at radius 1 is 1.20 bits per heavy atom. The van der Waals surface area contributed by atoms with E-state index in [4.69, 9.17) is 26.8 Å². The number of nitrogens with two attached hydrogens (primary N) is 1. The monoisotopic (exact) mass is 380 g/mol. The van der Waals surface area contributed by atoms with Gasteiger partial charge in [-0.2, -0.15) is 0 Å². The Morgan fingerprint density at radius 3 is 2.48 bits per heavy atom. The summed E-state index contributed by atoms with van der Waals surface area (Å²) < 4.78 is 10.7. The number of hydrogen-bond acceptors (Lipinski definition) is 5. The highest BCUT2D eigenvalue weighted by molar-refractivity contribution is 7.98. The van der Waals surface area contributed by atoms with E-state index in [0.717, 1.165) is 16.2 Å². The van der Waals surface area contributed by atoms with Gasteiger partial charge in [0.25, 0.3) is 5.91 Å². The van der Waals surface area contributed by atoms with E-state index in [1.165, 1.54) is 13.2 Å². The second kappa shape index (κ2) is 8.36. The number of anilines is 1. The fourth-order valence-electron chi connectivity index (χ4n) is 2.44. The molecule has 2 rings (SSSR count). The van der Waals surface area contributed by atoms with Crippen LogP contribution in [0.15, 0.2) is 35.2 Å². The molecule has 5 nitrogen and oxygen atoms in total. The van der Waals surface area contributed by atoms with E-state index in [1.54, 1.807) is 36.9 Å². The fourth-order valence-corrected chi connectivity index (χ4v) is 3.15. The van der Waals surface area contributed by atoms with Gasteiger partial charge in [-0.05, 0) is 30.0 Å². The van der Waals surface area contributed by atoms with Crippen molar-refractivity contribution in [3.63, 3.8) is 0 Å². The van der Waals surface area contributed by atoms with Crippen LogP contribution in [-0.4, -0.2) is 38.3 Å². The smallest absolute Gasteiger partial charge is 0.257 e. The molecular weight excluding hydrogens is 360 g/mol. The van der Waals surface area contributed by atoms with E-state index in [-0.39, 0.29) is 5.91 Å². The van der Waals surface area contributed by atoms with Crippen LogP contribution >= 0.6 is 23.4 Å². The second-order valence-corrected chi connectivity index (χ2v) is 6.68. The molecule has 0 radical (unpaired) electrons. The van der Waals surface area contributed by atoms with Gasteiger partial charge in [-0.3, -0.25) is 4.79 Å². The average Bonchev–Trinajstić information content (AvgIpc) is 2.62. The van der Waals surface area contributed by atoms with Crippen molar-refractivity contribution in [1.29, 1.82) is 0 Å². The summed E-state index contributed by atoms with van der Waals surface area (Å²) in [4.78, 5) is 15.4. The number of nitrogen functional groups attached to an aromatic ring is 1. The summed E-state index contributed by atoms with van der Waals surface area (Å²) in [5.41, 5.74) is 7.48. The standard InChI is InChI=1S/C18H21ClN2O3S/c1-21(10-11-5-6-17(25-4)16(7-11)24-3)18(22)12-8-13(19)14(20)9-15(12)23-2/h5-9H,10,20H2,1-4H3. The summed E-state index contributed by atoms with van der Waals surface area (Å²) in [6.07, 6.45) is 1.99. The number of nitrogens with zero attached hydrogens (tertiary/aromatic N) is 1. The average molecular weight is 381 g/mol. The molecule has 0 aliphatic heterocycles. The molecule has 0 fully saturated rings. The number of carbonyl (C=O) groups excluding carboxylic acids is 1. The number of hydrogen-bond donors (Lipinski definition) is 1. The highest BCUT2D eigenvalue weighted by Crippen LogP contribution is 2.31. The lowest BCUT2D eigenvalue weighted by Crippen LogP contribution is -2.26. The molecule has 25 heavy (non-hydrogen) atoms. The molecule has 7 heteroatoms. The predicted octanol–water partition coefficient (Wildman–Crippen LogP) is 3.93. The van der Waals surface area contributed by atoms with Crippen LogP contribution in [0.3, 0.4) is 0 Å². The van der Waals surface area contributed by atoms with E-state index < -0.39 is 0 Å². The Hall–Kier alpha value is -2.05. The molecule has 2 N–H and O–H groups in total. The minimum absolute atomic E-state index is 0.202. The summed E-state index contributed by atoms with van der Waals surface area (Å²) >= 11 is 7.66. The molecule has 0 heterocycles. The van der Waals surface area contributed by atoms with E-state index in [2.05, 4.69) is 0 Å². The third-order valence-electron chi connectivity index (χ3n) is 3.76. The summed E-state index contributed by atoms with van der Waals surface area (Å²) in [6.45, 7) is 0.426. The van der Waals surface area contributed by atoms with Crippen LogP contribution in [0.1, 0.15) is 15.9 Å². The minimum Gasteiger partial charge on any atom is -0.496 e. The van der Waals surface area contributed by atoms with Crippen molar-refractivity contribution in [2.45, 2.75) is 11.4 Å². The highest BCUT2D eigenvalue weighted by atomic mass is 35.5. The molecule has 0 aliphatic rings. The molecule has 1 amide bonds. The minimum atomic E-state index is -0.202. The third-order valence-corrected chi connectivity index (χ3v) is 4.87. The molecular formula is C18H21ClN2O3S. The van der Waals surface area contributed by atoms with Gasteiger partial charge < -0.3 is 20.1 Å². The van der Waals surface area contributed by atoms with Gasteiger partial charge in [0, 0.05) is 24.6 Å². The van der Waals surface area contributed by atoms with Crippen molar-refractivity contribution in [1.82, 2.24) is 4.90 Å². The molecule has 2 aromatic rings. The lowest BCUT2D eigenvalue weighted by molar-refractivity contribution is 0.0781. The molecule has 0 spiro atoms. The van der Waals surface area contributed by atoms with Crippen LogP contribution in [0.2, 0.25) is 5.02 Å². The largest absolute Gasteiger partial charge is 0.496 e. The SMILES string of the molecule is COc1cc(CN(C)C(=O)c2cc(Cl)c(N)cc2OC)ccc1SC. The van der Waals surface area contributed by atoms with Crippen molar-refractivity contribution >= 4 is 35.0 Å². The van der Waals surface area contributed by atoms with E-state index >= 15 is 0 Å². The zero-order valence-electron chi connectivity index (χ0n) is 14.6. The summed E-state index contributed by atoms with van der Waals surface area (Å²) in [5.74, 6) is 0.986. The maximum absolute atomic E-state index is 12.8. The van der Waals surface area contributed by atoms with Crippen molar-refractivity contribution < 1.29 is 14.3 Å². The second-order valence-electron chi connectivity index (χ2n) is 5.42. The highest BCUT2D eigenvalue weighted by Gasteiger charge is 2.19. The molecule has 0 saturated carbocycles. The van der Waals surface area contributed by atoms with Gasteiger partial charge >= 0.3 is 0 Å². The van der Waals surface area contributed by atoms with Gasteiger partial charge in [0.1, 0.15) is 11.5 Å². The first-order chi connectivity index (χ1) is 11.9. The Morgan fingerprint density at radius 2 is 1.88 bits per heavy atom. The number of thioether (sulfide) groups is 1. The number of rotatable bonds is 6. The zero-order valence-corrected chi connectivity index (χ0v) is 16.2. The predicted molar refractivity (Wildman–Crippen MR) is 103 cm³/mol. The number of amides is 1. The van der Waals surface area contributed by atoms with Crippen molar-refractivity contribution in [3.05, 3.63) is 46.5 Å². The van der Waals surface area contributed by atoms with Crippen molar-refractivity contribution in [2.75, 3.05) is 33.3 Å². The summed E-state index contributed by atoms with van der Waals surface area (Å²) in [7, 11) is 4.85. The molecule has 0 unspecified atom stereocenters. The Labute approximate surface area is 157 Å². The van der Waals surface area contributed by atoms with E-state index in [0.29, 0.717) is 28.6 Å². The van der Waals surface area contributed by atoms with Crippen LogP contribution in [0, 0.1) is 0 Å². The van der Waals surface area contributed by atoms with Crippen LogP contribution in [0.5, 0.6) is 11.5 Å². The third kappa shape index (κ3) is 4.32. The maximum atomic E-state index is 12.8. The van der Waals surface area contributed by atoms with Gasteiger partial charge in [0.2, 0.25) is 0 Å². The molecule has 0 aromatic heterocycles. The molecule has 0 aliphatic carbocycles. The quantitative estimate of drug-likeness (QED) is 0.607. The number of carbonyl (C=O) groups is 1. The molecule has 0 bridgehead atoms. The van der Waals surface area contributed by atoms with E-state index in [1.807, 2.05) is 24.5 Å². The van der Waals surface area contributed by atoms with Crippen molar-refractivity contribution in [3.8, 4) is 11.5 Å².